The van der Waals surface area contributed by atoms with Gasteiger partial charge in [0.2, 0.25) is 15.9 Å². The predicted octanol–water partition coefficient (Wildman–Crippen LogP) is 4.56. The van der Waals surface area contributed by atoms with Gasteiger partial charge in [0.05, 0.1) is 10.8 Å². The van der Waals surface area contributed by atoms with Crippen LogP contribution in [0, 0.1) is 0 Å². The van der Waals surface area contributed by atoms with Crippen LogP contribution in [-0.2, 0) is 14.8 Å². The molecule has 0 saturated carbocycles. The highest BCUT2D eigenvalue weighted by molar-refractivity contribution is 8.01. The Hall–Kier alpha value is -2.13. The Morgan fingerprint density at radius 2 is 1.88 bits per heavy atom. The van der Waals surface area contributed by atoms with E-state index in [1.54, 1.807) is 42.3 Å². The molecule has 1 aliphatic heterocycles. The van der Waals surface area contributed by atoms with Gasteiger partial charge in [0, 0.05) is 41.8 Å². The number of amides is 1. The van der Waals surface area contributed by atoms with Crippen LogP contribution in [-0.4, -0.2) is 53.4 Å². The molecule has 1 aromatic heterocycles. The van der Waals surface area contributed by atoms with Crippen LogP contribution in [0.5, 0.6) is 0 Å². The van der Waals surface area contributed by atoms with Gasteiger partial charge < -0.3 is 4.90 Å². The number of carbonyl (C=O) groups excluding carboxylic acids is 1. The van der Waals surface area contributed by atoms with Crippen LogP contribution in [0.4, 0.5) is 0 Å². The van der Waals surface area contributed by atoms with Crippen LogP contribution in [0.2, 0.25) is 5.02 Å². The fourth-order valence-corrected chi connectivity index (χ4v) is 7.17. The summed E-state index contributed by atoms with van der Waals surface area (Å²) in [4.78, 5) is 19.1. The molecule has 3 aromatic rings. The summed E-state index contributed by atoms with van der Waals surface area (Å²) in [6.45, 7) is 4.41. The lowest BCUT2D eigenvalue weighted by atomic mass is 10.2. The Labute approximate surface area is 197 Å². The SMILES string of the molecule is CCN(CCN1C(=O)[C@H](C)S[C@@H]1c1ccccc1Cl)S(=O)(=O)c1cccc2cccnc12. The first-order valence-corrected chi connectivity index (χ1v) is 13.1. The number of hydrogen-bond donors (Lipinski definition) is 0. The second-order valence-corrected chi connectivity index (χ2v) is 11.3. The average Bonchev–Trinajstić information content (AvgIpc) is 3.07. The Bertz CT molecular complexity index is 1250. The van der Waals surface area contributed by atoms with Gasteiger partial charge in [0.15, 0.2) is 0 Å². The molecule has 6 nitrogen and oxygen atoms in total. The van der Waals surface area contributed by atoms with Gasteiger partial charge in [0.1, 0.15) is 10.3 Å². The molecule has 0 radical (unpaired) electrons. The molecule has 2 aromatic carbocycles. The fraction of sp³-hybridized carbons (Fsp3) is 0.304. The molecule has 1 fully saturated rings. The number of halogens is 1. The number of thioether (sulfide) groups is 1. The highest BCUT2D eigenvalue weighted by atomic mass is 35.5. The van der Waals surface area contributed by atoms with Gasteiger partial charge in [-0.2, -0.15) is 4.31 Å². The molecular weight excluding hydrogens is 466 g/mol. The van der Waals surface area contributed by atoms with Crippen LogP contribution in [0.25, 0.3) is 10.9 Å². The monoisotopic (exact) mass is 489 g/mol. The van der Waals surface area contributed by atoms with Crippen molar-refractivity contribution in [2.24, 2.45) is 0 Å². The third-order valence-corrected chi connectivity index (χ3v) is 9.30. The molecule has 1 aliphatic rings. The number of sulfonamides is 1. The van der Waals surface area contributed by atoms with Crippen molar-refractivity contribution in [2.75, 3.05) is 19.6 Å². The van der Waals surface area contributed by atoms with Gasteiger partial charge >= 0.3 is 0 Å². The third-order valence-electron chi connectivity index (χ3n) is 5.57. The smallest absolute Gasteiger partial charge is 0.245 e. The van der Waals surface area contributed by atoms with E-state index >= 15 is 0 Å². The largest absolute Gasteiger partial charge is 0.324 e. The maximum absolute atomic E-state index is 13.5. The molecule has 2 atom stereocenters. The Morgan fingerprint density at radius 3 is 2.62 bits per heavy atom. The van der Waals surface area contributed by atoms with Crippen molar-refractivity contribution >= 4 is 50.2 Å². The molecule has 1 amide bonds. The van der Waals surface area contributed by atoms with E-state index in [9.17, 15) is 13.2 Å². The standard InChI is InChI=1S/C23H24ClN3O3S2/c1-3-26(32(29,30)20-12-6-8-17-9-7-13-25-21(17)20)14-15-27-22(28)16(2)31-23(27)18-10-4-5-11-19(18)24/h4-13,16,23H,3,14-15H2,1-2H3/t16-,23+/m0/s1. The molecule has 0 N–H and O–H groups in total. The Morgan fingerprint density at radius 1 is 1.12 bits per heavy atom. The van der Waals surface area contributed by atoms with E-state index in [1.807, 2.05) is 37.3 Å². The summed E-state index contributed by atoms with van der Waals surface area (Å²) in [5.74, 6) is -0.0137. The van der Waals surface area contributed by atoms with E-state index in [2.05, 4.69) is 4.98 Å². The highest BCUT2D eigenvalue weighted by Crippen LogP contribution is 2.44. The van der Waals surface area contributed by atoms with Crippen molar-refractivity contribution in [3.05, 3.63) is 71.4 Å². The summed E-state index contributed by atoms with van der Waals surface area (Å²) in [5.41, 5.74) is 1.31. The van der Waals surface area contributed by atoms with Crippen molar-refractivity contribution in [1.29, 1.82) is 0 Å². The van der Waals surface area contributed by atoms with Crippen molar-refractivity contribution in [3.63, 3.8) is 0 Å². The number of benzene rings is 2. The topological polar surface area (TPSA) is 70.6 Å². The summed E-state index contributed by atoms with van der Waals surface area (Å²) in [6.07, 6.45) is 1.59. The number of fused-ring (bicyclic) bond motifs is 1. The minimum Gasteiger partial charge on any atom is -0.324 e. The summed E-state index contributed by atoms with van der Waals surface area (Å²) in [5, 5.41) is 0.902. The van der Waals surface area contributed by atoms with Gasteiger partial charge in [-0.1, -0.05) is 54.9 Å². The summed E-state index contributed by atoms with van der Waals surface area (Å²) in [7, 11) is -3.79. The summed E-state index contributed by atoms with van der Waals surface area (Å²) in [6, 6.07) is 16.2. The molecule has 0 bridgehead atoms. The second kappa shape index (κ2) is 9.39. The zero-order valence-electron chi connectivity index (χ0n) is 17.8. The van der Waals surface area contributed by atoms with Gasteiger partial charge in [-0.05, 0) is 25.1 Å². The molecule has 0 aliphatic carbocycles. The van der Waals surface area contributed by atoms with E-state index in [0.29, 0.717) is 10.5 Å². The van der Waals surface area contributed by atoms with Crippen LogP contribution >= 0.6 is 23.4 Å². The number of pyridine rings is 1. The number of carbonyl (C=O) groups is 1. The summed E-state index contributed by atoms with van der Waals surface area (Å²) >= 11 is 7.93. The van der Waals surface area contributed by atoms with Crippen molar-refractivity contribution < 1.29 is 13.2 Å². The van der Waals surface area contributed by atoms with Crippen LogP contribution < -0.4 is 0 Å². The quantitative estimate of drug-likeness (QED) is 0.486. The van der Waals surface area contributed by atoms with Crippen molar-refractivity contribution in [3.8, 4) is 0 Å². The first-order valence-electron chi connectivity index (χ1n) is 10.4. The number of para-hydroxylation sites is 1. The Kier molecular flexibility index (Phi) is 6.76. The molecule has 4 rings (SSSR count). The molecule has 0 unspecified atom stereocenters. The highest BCUT2D eigenvalue weighted by Gasteiger charge is 2.39. The van der Waals surface area contributed by atoms with Crippen LogP contribution in [0.1, 0.15) is 24.8 Å². The molecule has 32 heavy (non-hydrogen) atoms. The lowest BCUT2D eigenvalue weighted by Gasteiger charge is -2.28. The first kappa shape index (κ1) is 23.0. The van der Waals surface area contributed by atoms with Crippen molar-refractivity contribution in [1.82, 2.24) is 14.2 Å². The van der Waals surface area contributed by atoms with E-state index in [1.165, 1.54) is 16.1 Å². The summed E-state index contributed by atoms with van der Waals surface area (Å²) < 4.78 is 28.4. The van der Waals surface area contributed by atoms with E-state index in [0.717, 1.165) is 10.9 Å². The van der Waals surface area contributed by atoms with E-state index in [4.69, 9.17) is 11.6 Å². The number of rotatable bonds is 7. The number of nitrogens with zero attached hydrogens (tertiary/aromatic N) is 3. The minimum atomic E-state index is -3.79. The molecule has 9 heteroatoms. The predicted molar refractivity (Wildman–Crippen MR) is 129 cm³/mol. The average molecular weight is 490 g/mol. The number of hydrogen-bond acceptors (Lipinski definition) is 5. The lowest BCUT2D eigenvalue weighted by molar-refractivity contribution is -0.129. The maximum atomic E-state index is 13.5. The first-order chi connectivity index (χ1) is 15.3. The zero-order chi connectivity index (χ0) is 22.9. The van der Waals surface area contributed by atoms with Gasteiger partial charge in [0.25, 0.3) is 0 Å². The van der Waals surface area contributed by atoms with Crippen LogP contribution in [0.3, 0.4) is 0 Å². The number of aromatic nitrogens is 1. The van der Waals surface area contributed by atoms with Gasteiger partial charge in [-0.3, -0.25) is 9.78 Å². The maximum Gasteiger partial charge on any atom is 0.245 e. The molecule has 1 saturated heterocycles. The second-order valence-electron chi connectivity index (χ2n) is 7.51. The lowest BCUT2D eigenvalue weighted by Crippen LogP contribution is -2.40. The van der Waals surface area contributed by atoms with Crippen LogP contribution in [0.15, 0.2) is 65.7 Å². The molecule has 168 valence electrons. The normalized spacial score (nSPS) is 19.2. The Balaban J connectivity index is 1.60. The van der Waals surface area contributed by atoms with E-state index in [-0.39, 0.29) is 41.1 Å². The molecule has 0 spiro atoms. The fourth-order valence-electron chi connectivity index (χ4n) is 3.91. The van der Waals surface area contributed by atoms with Gasteiger partial charge in [-0.25, -0.2) is 8.42 Å². The number of likely N-dealkylation sites (N-methyl/N-ethyl adjacent to an activating group) is 1. The minimum absolute atomic E-state index is 0.0137. The molecular formula is C23H24ClN3O3S2. The van der Waals surface area contributed by atoms with Gasteiger partial charge in [-0.15, -0.1) is 11.8 Å². The third kappa shape index (κ3) is 4.24. The zero-order valence-corrected chi connectivity index (χ0v) is 20.2. The molecule has 2 heterocycles. The van der Waals surface area contributed by atoms with E-state index < -0.39 is 10.0 Å². The van der Waals surface area contributed by atoms with Crippen molar-refractivity contribution in [2.45, 2.75) is 29.4 Å².